The van der Waals surface area contributed by atoms with Crippen LogP contribution in [0.2, 0.25) is 0 Å². The van der Waals surface area contributed by atoms with Gasteiger partial charge in [-0.15, -0.1) is 12.3 Å². The smallest absolute Gasteiger partial charge is 0.338 e. The van der Waals surface area contributed by atoms with Gasteiger partial charge in [0.2, 0.25) is 0 Å². The van der Waals surface area contributed by atoms with Crippen molar-refractivity contribution in [3.8, 4) is 12.3 Å². The number of benzene rings is 7. The molecule has 0 amide bonds. The molecule has 18 nitrogen and oxygen atoms in total. The summed E-state index contributed by atoms with van der Waals surface area (Å²) in [7, 11) is 10.0. The molecule has 0 bridgehead atoms. The van der Waals surface area contributed by atoms with Crippen molar-refractivity contribution in [3.05, 3.63) is 251 Å². The zero-order valence-electron chi connectivity index (χ0n) is 61.5. The van der Waals surface area contributed by atoms with Crippen molar-refractivity contribution in [2.45, 2.75) is 170 Å². The number of carbonyl (C=O) groups excluding carboxylic acids is 9. The highest BCUT2D eigenvalue weighted by Crippen LogP contribution is 2.09. The van der Waals surface area contributed by atoms with Crippen molar-refractivity contribution in [1.82, 2.24) is 0 Å². The lowest BCUT2D eigenvalue weighted by Crippen LogP contribution is -2.04. The summed E-state index contributed by atoms with van der Waals surface area (Å²) >= 11 is 0. The van der Waals surface area contributed by atoms with Gasteiger partial charge in [0.15, 0.2) is 0 Å². The first-order valence-electron chi connectivity index (χ1n) is 33.0. The Hall–Kier alpha value is -10.4. The monoisotopic (exact) mass is 1440 g/mol. The Labute approximate surface area is 634 Å². The van der Waals surface area contributed by atoms with E-state index in [1.165, 1.54) is 20.8 Å². The first-order chi connectivity index (χ1) is 48.7. The average Bonchev–Trinajstić information content (AvgIpc) is 0.936. The van der Waals surface area contributed by atoms with Crippen LogP contribution in [0.1, 0.15) is 197 Å². The van der Waals surface area contributed by atoms with Crippen LogP contribution in [0.15, 0.2) is 212 Å². The van der Waals surface area contributed by atoms with Crippen molar-refractivity contribution in [1.29, 1.82) is 0 Å². The fourth-order valence-corrected chi connectivity index (χ4v) is 6.60. The van der Waals surface area contributed by atoms with E-state index >= 15 is 0 Å². The Morgan fingerprint density at radius 1 is 0.314 bits per heavy atom. The summed E-state index contributed by atoms with van der Waals surface area (Å²) in [5, 5.41) is 0. The molecule has 0 aliphatic rings. The molecule has 566 valence electrons. The van der Waals surface area contributed by atoms with Crippen LogP contribution in [0.25, 0.3) is 0 Å². The molecule has 7 aromatic carbocycles. The van der Waals surface area contributed by atoms with Crippen molar-refractivity contribution >= 4 is 84.7 Å². The second-order valence-corrected chi connectivity index (χ2v) is 19.5. The summed E-state index contributed by atoms with van der Waals surface area (Å²) in [6.45, 7) is 24.5. The maximum absolute atomic E-state index is 11.6. The number of carbonyl (C=O) groups is 9. The molecule has 22 heteroatoms. The summed E-state index contributed by atoms with van der Waals surface area (Å²) < 4.78 is 43.1. The molecule has 0 aromatic heterocycles. The number of hydrogen-bond acceptors (Lipinski definition) is 18. The van der Waals surface area contributed by atoms with Crippen LogP contribution >= 0.6 is 0 Å². The molecular weight excluding hydrogens is 1330 g/mol. The molecule has 105 heavy (non-hydrogen) atoms. The molecule has 0 saturated carbocycles. The minimum Gasteiger partial charge on any atom is -0.466 e. The number of esters is 9. The molecule has 0 spiro atoms. The number of ether oxygens (including phenoxy) is 9. The standard InChI is InChI=1S/2C14H12O2.C11H14O2.2C9H10O2.2C6H12O2.2C4H8O2.C3H4.3CH4.B3.B/c2*15-14(13-9-5-2-6-10-13)16-11-12-7-3-1-4-8-12;1-2-6-11(12)13-9-10-7-4-3-5-8-10;1-8(10)11-7-9-5-3-2-4-6-9;1-2-11-9(10)8-6-4-3-5-7-8;2*1-3-5-6(7)8-4-2;2*1-3-6-4(2)5;1-3-2;;;;1-3-2;/h2*1-10H,11H2;3-5,7-8H,2,6,9H2,1H3;2-6H,7H2,1H3;3-7H,2H2,1H3;2*3-5H2,1-2H3;2*3H2,1-2H3;1H,2H3;3*1H4;;. The van der Waals surface area contributed by atoms with Crippen molar-refractivity contribution < 1.29 is 85.8 Å². The molecule has 8 radical (unpaired) electrons. The molecule has 0 aliphatic carbocycles. The van der Waals surface area contributed by atoms with Crippen LogP contribution in [0.4, 0.5) is 0 Å². The van der Waals surface area contributed by atoms with E-state index in [1.807, 2.05) is 211 Å². The summed E-state index contributed by atoms with van der Waals surface area (Å²) in [6.07, 6.45) is 8.79. The lowest BCUT2D eigenvalue weighted by atomic mass is 9.40. The fourth-order valence-electron chi connectivity index (χ4n) is 6.60. The van der Waals surface area contributed by atoms with Gasteiger partial charge >= 0.3 is 53.7 Å². The second kappa shape index (κ2) is 82.5. The maximum Gasteiger partial charge on any atom is 0.338 e. The SMILES string of the molecule is C.C.C.C#CC.CC(=O)OCc1ccccc1.CCCC(=O)OCC.CCCC(=O)OCC.CCCC(=O)OCc1ccccc1.CCOC(=O)c1ccccc1.CCOC(C)=O.CCOC(C)=O.O=C(OCc1ccccc1)c1ccccc1.O=C(OCc1ccccc1)c1ccccc1.[B].[B][B][B]. The highest BCUT2D eigenvalue weighted by molar-refractivity contribution is 7.17. The van der Waals surface area contributed by atoms with Gasteiger partial charge in [-0.05, 0) is 119 Å². The van der Waals surface area contributed by atoms with Crippen LogP contribution in [0.3, 0.4) is 0 Å². The predicted molar refractivity (Wildman–Crippen MR) is 425 cm³/mol. The molecule has 0 unspecified atom stereocenters. The third-order valence-electron chi connectivity index (χ3n) is 10.9. The van der Waals surface area contributed by atoms with Crippen LogP contribution in [0.5, 0.6) is 0 Å². The normalized spacial score (nSPS) is 8.49. The lowest BCUT2D eigenvalue weighted by molar-refractivity contribution is -0.145. The minimum absolute atomic E-state index is 0. The molecule has 0 fully saturated rings. The zero-order chi connectivity index (χ0) is 76.4. The number of rotatable bonds is 22. The molecule has 7 rings (SSSR count). The van der Waals surface area contributed by atoms with E-state index < -0.39 is 0 Å². The van der Waals surface area contributed by atoms with Crippen molar-refractivity contribution in [3.63, 3.8) is 0 Å². The Kier molecular flexibility index (Phi) is 86.9. The summed E-state index contributed by atoms with van der Waals surface area (Å²) in [6, 6.07) is 65.5. The quantitative estimate of drug-likeness (QED) is 0.0265. The Balaban J connectivity index is -0.000000168. The van der Waals surface area contributed by atoms with Gasteiger partial charge < -0.3 is 42.6 Å². The Bertz CT molecular complexity index is 3060. The van der Waals surface area contributed by atoms with Gasteiger partial charge in [-0.1, -0.05) is 219 Å². The van der Waals surface area contributed by atoms with E-state index in [0.29, 0.717) is 95.4 Å². The second-order valence-electron chi connectivity index (χ2n) is 19.5. The number of hydrogen-bond donors (Lipinski definition) is 0. The van der Waals surface area contributed by atoms with E-state index in [0.717, 1.165) is 48.6 Å². The summed E-state index contributed by atoms with van der Waals surface area (Å²) in [4.78, 5) is 96.1. The molecule has 0 heterocycles. The molecule has 0 atom stereocenters. The largest absolute Gasteiger partial charge is 0.466 e. The highest BCUT2D eigenvalue weighted by Gasteiger charge is 2.08. The Morgan fingerprint density at radius 3 is 0.686 bits per heavy atom. The fraction of sp³-hybridized carbons (Fsp3) is 0.361. The Morgan fingerprint density at radius 2 is 0.495 bits per heavy atom. The topological polar surface area (TPSA) is 237 Å². The van der Waals surface area contributed by atoms with Crippen LogP contribution in [-0.2, 0) is 97.8 Å². The van der Waals surface area contributed by atoms with Gasteiger partial charge in [0.1, 0.15) is 26.4 Å². The lowest BCUT2D eigenvalue weighted by Gasteiger charge is -2.04. The molecule has 7 aromatic rings. The van der Waals surface area contributed by atoms with E-state index in [4.69, 9.17) is 23.7 Å². The summed E-state index contributed by atoms with van der Waals surface area (Å²) in [5.41, 5.74) is 5.81. The first-order valence-corrected chi connectivity index (χ1v) is 33.0. The molecular formula is C83H114B4O18. The molecule has 0 N–H and O–H groups in total. The van der Waals surface area contributed by atoms with Gasteiger partial charge in [-0.25, -0.2) is 14.4 Å². The van der Waals surface area contributed by atoms with Crippen LogP contribution in [-0.4, -0.2) is 118 Å². The van der Waals surface area contributed by atoms with Crippen molar-refractivity contribution in [2.24, 2.45) is 0 Å². The third-order valence-corrected chi connectivity index (χ3v) is 10.9. The van der Waals surface area contributed by atoms with E-state index in [9.17, 15) is 43.2 Å². The van der Waals surface area contributed by atoms with E-state index in [2.05, 4.69) is 46.8 Å². The van der Waals surface area contributed by atoms with E-state index in [1.54, 1.807) is 64.1 Å². The number of terminal acetylenes is 1. The molecule has 0 aliphatic heterocycles. The van der Waals surface area contributed by atoms with Crippen molar-refractivity contribution in [2.75, 3.05) is 33.0 Å². The van der Waals surface area contributed by atoms with Gasteiger partial charge in [-0.2, -0.15) is 0 Å². The van der Waals surface area contributed by atoms with Crippen LogP contribution < -0.4 is 0 Å². The van der Waals surface area contributed by atoms with Gasteiger partial charge in [0.25, 0.3) is 0 Å². The predicted octanol–water partition coefficient (Wildman–Crippen LogP) is 17.1. The summed E-state index contributed by atoms with van der Waals surface area (Å²) in [5.74, 6) is 0.460. The van der Waals surface area contributed by atoms with Gasteiger partial charge in [0, 0.05) is 71.0 Å². The van der Waals surface area contributed by atoms with E-state index in [-0.39, 0.29) is 84.4 Å². The molecule has 0 saturated heterocycles. The van der Waals surface area contributed by atoms with Crippen LogP contribution in [0, 0.1) is 12.3 Å². The third kappa shape index (κ3) is 76.1. The average molecular weight is 1440 g/mol. The zero-order valence-corrected chi connectivity index (χ0v) is 61.5. The van der Waals surface area contributed by atoms with Gasteiger partial charge in [-0.3, -0.25) is 28.8 Å². The highest BCUT2D eigenvalue weighted by atomic mass is 16.6. The minimum atomic E-state index is -0.288. The first kappa shape index (κ1) is 111. The maximum atomic E-state index is 11.6. The van der Waals surface area contributed by atoms with Gasteiger partial charge in [0.05, 0.1) is 49.7 Å².